The van der Waals surface area contributed by atoms with E-state index in [1.165, 1.54) is 44.1 Å². The van der Waals surface area contributed by atoms with Crippen LogP contribution >= 0.6 is 15.9 Å². The molecule has 1 aromatic rings. The van der Waals surface area contributed by atoms with Crippen molar-refractivity contribution in [3.8, 4) is 0 Å². The van der Waals surface area contributed by atoms with Gasteiger partial charge in [0.15, 0.2) is 0 Å². The lowest BCUT2D eigenvalue weighted by molar-refractivity contribution is 0.213. The zero-order valence-electron chi connectivity index (χ0n) is 11.2. The van der Waals surface area contributed by atoms with Crippen molar-refractivity contribution in [1.82, 2.24) is 4.90 Å². The molecule has 1 aromatic carbocycles. The number of hydrogen-bond acceptors (Lipinski definition) is 2. The molecule has 0 spiro atoms. The van der Waals surface area contributed by atoms with Crippen molar-refractivity contribution in [3.63, 3.8) is 0 Å². The number of nitrogen functional groups attached to an aromatic ring is 1. The predicted octanol–water partition coefficient (Wildman–Crippen LogP) is 4.19. The second-order valence-corrected chi connectivity index (χ2v) is 6.32. The lowest BCUT2D eigenvalue weighted by Gasteiger charge is -2.27. The number of nitrogens with two attached hydrogens (primary N) is 1. The summed E-state index contributed by atoms with van der Waals surface area (Å²) in [7, 11) is 2.23. The van der Waals surface area contributed by atoms with Gasteiger partial charge in [0.25, 0.3) is 0 Å². The zero-order chi connectivity index (χ0) is 13.0. The van der Waals surface area contributed by atoms with E-state index >= 15 is 0 Å². The Balaban J connectivity index is 1.98. The molecule has 0 radical (unpaired) electrons. The fourth-order valence-electron chi connectivity index (χ4n) is 2.81. The molecular formula is C15H23BrN2. The maximum atomic E-state index is 6.07. The Labute approximate surface area is 119 Å². The molecular weight excluding hydrogens is 288 g/mol. The summed E-state index contributed by atoms with van der Waals surface area (Å²) in [5.74, 6) is 0. The molecule has 0 atom stereocenters. The van der Waals surface area contributed by atoms with Crippen LogP contribution in [0.2, 0.25) is 0 Å². The zero-order valence-corrected chi connectivity index (χ0v) is 12.7. The van der Waals surface area contributed by atoms with Crippen LogP contribution in [0.3, 0.4) is 0 Å². The van der Waals surface area contributed by atoms with Crippen LogP contribution in [-0.2, 0) is 6.54 Å². The maximum absolute atomic E-state index is 6.07. The first-order chi connectivity index (χ1) is 8.66. The summed E-state index contributed by atoms with van der Waals surface area (Å²) in [4.78, 5) is 2.48. The molecule has 0 aliphatic heterocycles. The van der Waals surface area contributed by atoms with Crippen LogP contribution < -0.4 is 5.73 Å². The Bertz CT molecular complexity index is 384. The van der Waals surface area contributed by atoms with E-state index in [4.69, 9.17) is 5.73 Å². The van der Waals surface area contributed by atoms with E-state index in [9.17, 15) is 0 Å². The molecule has 1 saturated carbocycles. The molecule has 2 rings (SSSR count). The lowest BCUT2D eigenvalue weighted by atomic mass is 10.1. The van der Waals surface area contributed by atoms with Crippen LogP contribution in [0.25, 0.3) is 0 Å². The summed E-state index contributed by atoms with van der Waals surface area (Å²) in [5.41, 5.74) is 8.21. The van der Waals surface area contributed by atoms with Crippen molar-refractivity contribution in [3.05, 3.63) is 28.2 Å². The van der Waals surface area contributed by atoms with E-state index in [-0.39, 0.29) is 0 Å². The normalized spacial score (nSPS) is 17.9. The van der Waals surface area contributed by atoms with E-state index in [1.54, 1.807) is 0 Å². The van der Waals surface area contributed by atoms with Gasteiger partial charge in [-0.2, -0.15) is 0 Å². The summed E-state index contributed by atoms with van der Waals surface area (Å²) in [6.45, 7) is 0.962. The summed E-state index contributed by atoms with van der Waals surface area (Å²) >= 11 is 3.46. The Kier molecular flexibility index (Phi) is 5.07. The Morgan fingerprint density at radius 3 is 2.50 bits per heavy atom. The largest absolute Gasteiger partial charge is 0.398 e. The van der Waals surface area contributed by atoms with E-state index < -0.39 is 0 Å². The SMILES string of the molecule is CN(Cc1ccc(Br)cc1N)C1CCCCCC1. The van der Waals surface area contributed by atoms with Crippen molar-refractivity contribution in [2.24, 2.45) is 0 Å². The molecule has 0 heterocycles. The average molecular weight is 311 g/mol. The van der Waals surface area contributed by atoms with Gasteiger partial charge >= 0.3 is 0 Å². The van der Waals surface area contributed by atoms with Gasteiger partial charge in [-0.25, -0.2) is 0 Å². The van der Waals surface area contributed by atoms with E-state index in [2.05, 4.69) is 40.0 Å². The van der Waals surface area contributed by atoms with E-state index in [0.29, 0.717) is 0 Å². The fourth-order valence-corrected chi connectivity index (χ4v) is 3.18. The first kappa shape index (κ1) is 13.9. The molecule has 0 unspecified atom stereocenters. The van der Waals surface area contributed by atoms with Crippen molar-refractivity contribution in [2.45, 2.75) is 51.1 Å². The van der Waals surface area contributed by atoms with Gasteiger partial charge in [0.2, 0.25) is 0 Å². The Hall–Kier alpha value is -0.540. The van der Waals surface area contributed by atoms with Crippen molar-refractivity contribution in [2.75, 3.05) is 12.8 Å². The number of halogens is 1. The van der Waals surface area contributed by atoms with Gasteiger partial charge in [-0.15, -0.1) is 0 Å². The minimum Gasteiger partial charge on any atom is -0.398 e. The van der Waals surface area contributed by atoms with Crippen LogP contribution in [0.4, 0.5) is 5.69 Å². The van der Waals surface area contributed by atoms with Crippen LogP contribution in [0.1, 0.15) is 44.1 Å². The molecule has 1 aliphatic carbocycles. The van der Waals surface area contributed by atoms with Crippen molar-refractivity contribution >= 4 is 21.6 Å². The molecule has 2 N–H and O–H groups in total. The van der Waals surface area contributed by atoms with Crippen LogP contribution in [0.15, 0.2) is 22.7 Å². The molecule has 18 heavy (non-hydrogen) atoms. The van der Waals surface area contributed by atoms with Gasteiger partial charge < -0.3 is 5.73 Å². The standard InChI is InChI=1S/C15H23BrN2/c1-18(14-6-4-2-3-5-7-14)11-12-8-9-13(16)10-15(12)17/h8-10,14H,2-7,11,17H2,1H3. The van der Waals surface area contributed by atoms with E-state index in [0.717, 1.165) is 22.7 Å². The van der Waals surface area contributed by atoms with Gasteiger partial charge in [-0.05, 0) is 37.6 Å². The molecule has 1 aliphatic rings. The van der Waals surface area contributed by atoms with Gasteiger partial charge in [0.1, 0.15) is 0 Å². The Morgan fingerprint density at radius 2 is 1.89 bits per heavy atom. The third kappa shape index (κ3) is 3.72. The molecule has 0 bridgehead atoms. The third-order valence-electron chi connectivity index (χ3n) is 3.98. The predicted molar refractivity (Wildman–Crippen MR) is 81.5 cm³/mol. The summed E-state index contributed by atoms with van der Waals surface area (Å²) in [5, 5.41) is 0. The molecule has 0 amide bonds. The maximum Gasteiger partial charge on any atom is 0.0371 e. The van der Waals surface area contributed by atoms with Crippen LogP contribution in [0.5, 0.6) is 0 Å². The van der Waals surface area contributed by atoms with E-state index in [1.807, 2.05) is 6.07 Å². The van der Waals surface area contributed by atoms with Crippen molar-refractivity contribution in [1.29, 1.82) is 0 Å². The minimum absolute atomic E-state index is 0.732. The second kappa shape index (κ2) is 6.58. The fraction of sp³-hybridized carbons (Fsp3) is 0.600. The molecule has 100 valence electrons. The first-order valence-electron chi connectivity index (χ1n) is 6.91. The van der Waals surface area contributed by atoms with Gasteiger partial charge in [0.05, 0.1) is 0 Å². The number of hydrogen-bond donors (Lipinski definition) is 1. The summed E-state index contributed by atoms with van der Waals surface area (Å²) in [6.07, 6.45) is 8.26. The summed E-state index contributed by atoms with van der Waals surface area (Å²) < 4.78 is 1.06. The average Bonchev–Trinajstić information content (AvgIpc) is 2.61. The number of anilines is 1. The first-order valence-corrected chi connectivity index (χ1v) is 7.70. The second-order valence-electron chi connectivity index (χ2n) is 5.40. The molecule has 1 fully saturated rings. The van der Waals surface area contributed by atoms with Gasteiger partial charge in [0, 0.05) is 22.7 Å². The van der Waals surface area contributed by atoms with Crippen LogP contribution in [0, 0.1) is 0 Å². The minimum atomic E-state index is 0.732. The third-order valence-corrected chi connectivity index (χ3v) is 4.47. The lowest BCUT2D eigenvalue weighted by Crippen LogP contribution is -2.30. The van der Waals surface area contributed by atoms with Gasteiger partial charge in [-0.1, -0.05) is 47.7 Å². The quantitative estimate of drug-likeness (QED) is 0.670. The highest BCUT2D eigenvalue weighted by Crippen LogP contribution is 2.24. The smallest absolute Gasteiger partial charge is 0.0371 e. The highest BCUT2D eigenvalue weighted by Gasteiger charge is 2.17. The topological polar surface area (TPSA) is 29.3 Å². The highest BCUT2D eigenvalue weighted by atomic mass is 79.9. The molecule has 2 nitrogen and oxygen atoms in total. The van der Waals surface area contributed by atoms with Crippen molar-refractivity contribution < 1.29 is 0 Å². The number of rotatable bonds is 3. The van der Waals surface area contributed by atoms with Crippen LogP contribution in [-0.4, -0.2) is 18.0 Å². The highest BCUT2D eigenvalue weighted by molar-refractivity contribution is 9.10. The van der Waals surface area contributed by atoms with Gasteiger partial charge in [-0.3, -0.25) is 4.90 Å². The molecule has 3 heteroatoms. The monoisotopic (exact) mass is 310 g/mol. The molecule has 0 aromatic heterocycles. The summed E-state index contributed by atoms with van der Waals surface area (Å²) in [6, 6.07) is 6.94. The molecule has 0 saturated heterocycles. The number of benzene rings is 1. The number of nitrogens with zero attached hydrogens (tertiary/aromatic N) is 1. The Morgan fingerprint density at radius 1 is 1.22 bits per heavy atom.